The smallest absolute Gasteiger partial charge is 0.0611 e. The van der Waals surface area contributed by atoms with Gasteiger partial charge in [0.2, 0.25) is 0 Å². The van der Waals surface area contributed by atoms with Gasteiger partial charge < -0.3 is 10.4 Å². The Hall–Kier alpha value is -0.0800. The summed E-state index contributed by atoms with van der Waals surface area (Å²) in [5, 5.41) is 13.6. The Balaban J connectivity index is 1.69. The Morgan fingerprint density at radius 2 is 2.00 bits per heavy atom. The number of aliphatic hydroxyl groups excluding tert-OH is 1. The number of fused-ring (bicyclic) bond motifs is 2. The molecular formula is C10H17NO. The lowest BCUT2D eigenvalue weighted by molar-refractivity contribution is 0.0732. The van der Waals surface area contributed by atoms with Gasteiger partial charge in [-0.05, 0) is 38.0 Å². The quantitative estimate of drug-likeness (QED) is 0.640. The molecule has 2 heterocycles. The number of nitrogens with one attached hydrogen (secondary N) is 1. The third kappa shape index (κ3) is 1.01. The summed E-state index contributed by atoms with van der Waals surface area (Å²) in [5.74, 6) is 1.26. The summed E-state index contributed by atoms with van der Waals surface area (Å²) < 4.78 is 0. The summed E-state index contributed by atoms with van der Waals surface area (Å²) in [4.78, 5) is 0. The minimum absolute atomic E-state index is 0.0211. The molecule has 0 aromatic heterocycles. The highest BCUT2D eigenvalue weighted by Gasteiger charge is 2.46. The highest BCUT2D eigenvalue weighted by molar-refractivity contribution is 5.02. The van der Waals surface area contributed by atoms with Gasteiger partial charge in [-0.25, -0.2) is 0 Å². The van der Waals surface area contributed by atoms with Crippen LogP contribution in [0.1, 0.15) is 32.1 Å². The summed E-state index contributed by atoms with van der Waals surface area (Å²) in [6.45, 7) is 0. The first-order valence-electron chi connectivity index (χ1n) is 5.29. The molecule has 0 aromatic carbocycles. The van der Waals surface area contributed by atoms with Gasteiger partial charge in [0.25, 0.3) is 0 Å². The lowest BCUT2D eigenvalue weighted by atomic mass is 9.83. The molecule has 1 aliphatic carbocycles. The molecule has 0 radical (unpaired) electrons. The maximum atomic E-state index is 9.97. The van der Waals surface area contributed by atoms with Crippen molar-refractivity contribution in [2.45, 2.75) is 50.3 Å². The Morgan fingerprint density at radius 1 is 1.17 bits per heavy atom. The fourth-order valence-electron chi connectivity index (χ4n) is 3.03. The van der Waals surface area contributed by atoms with Crippen molar-refractivity contribution >= 4 is 0 Å². The molecule has 2 saturated heterocycles. The van der Waals surface area contributed by atoms with Crippen LogP contribution in [0.4, 0.5) is 0 Å². The highest BCUT2D eigenvalue weighted by atomic mass is 16.3. The van der Waals surface area contributed by atoms with Crippen molar-refractivity contribution in [1.29, 1.82) is 0 Å². The number of aliphatic hydroxyl groups is 1. The van der Waals surface area contributed by atoms with E-state index >= 15 is 0 Å². The van der Waals surface area contributed by atoms with Crippen LogP contribution in [0.25, 0.3) is 0 Å². The van der Waals surface area contributed by atoms with Crippen molar-refractivity contribution in [1.82, 2.24) is 5.32 Å². The summed E-state index contributed by atoms with van der Waals surface area (Å²) in [6, 6.07) is 1.40. The molecule has 3 aliphatic rings. The molecule has 2 heteroatoms. The first kappa shape index (κ1) is 7.34. The zero-order valence-electron chi connectivity index (χ0n) is 7.37. The summed E-state index contributed by atoms with van der Waals surface area (Å²) in [5.41, 5.74) is 0. The zero-order valence-corrected chi connectivity index (χ0v) is 7.37. The minimum Gasteiger partial charge on any atom is -0.392 e. The van der Waals surface area contributed by atoms with Crippen molar-refractivity contribution in [3.63, 3.8) is 0 Å². The van der Waals surface area contributed by atoms with Gasteiger partial charge in [0.15, 0.2) is 0 Å². The molecule has 2 nitrogen and oxygen atoms in total. The van der Waals surface area contributed by atoms with Crippen LogP contribution in [0.2, 0.25) is 0 Å². The molecule has 4 unspecified atom stereocenters. The molecule has 1 saturated carbocycles. The van der Waals surface area contributed by atoms with Crippen LogP contribution in [-0.4, -0.2) is 23.3 Å². The lowest BCUT2D eigenvalue weighted by Crippen LogP contribution is -2.33. The standard InChI is InChI=1S/C10H17NO/c12-10(6-1-2-6)8-5-7-3-4-9(8)11-7/h6-12H,1-5H2. The Kier molecular flexibility index (Phi) is 1.50. The van der Waals surface area contributed by atoms with E-state index in [1.54, 1.807) is 0 Å². The number of rotatable bonds is 2. The number of hydrogen-bond acceptors (Lipinski definition) is 2. The molecular weight excluding hydrogens is 150 g/mol. The first-order valence-corrected chi connectivity index (χ1v) is 5.29. The molecule has 0 spiro atoms. The maximum absolute atomic E-state index is 9.97. The summed E-state index contributed by atoms with van der Waals surface area (Å²) in [7, 11) is 0. The Labute approximate surface area is 73.4 Å². The van der Waals surface area contributed by atoms with E-state index in [1.807, 2.05) is 0 Å². The molecule has 3 rings (SSSR count). The van der Waals surface area contributed by atoms with Crippen LogP contribution in [-0.2, 0) is 0 Å². The van der Waals surface area contributed by atoms with E-state index in [2.05, 4.69) is 5.32 Å². The van der Waals surface area contributed by atoms with Crippen molar-refractivity contribution in [3.05, 3.63) is 0 Å². The van der Waals surface area contributed by atoms with E-state index < -0.39 is 0 Å². The third-order valence-electron chi connectivity index (χ3n) is 3.89. The topological polar surface area (TPSA) is 32.3 Å². The zero-order chi connectivity index (χ0) is 8.13. The fourth-order valence-corrected chi connectivity index (χ4v) is 3.03. The van der Waals surface area contributed by atoms with Crippen molar-refractivity contribution in [2.24, 2.45) is 11.8 Å². The molecule has 2 bridgehead atoms. The molecule has 0 amide bonds. The SMILES string of the molecule is OC(C1CC1)C1CC2CCC1N2. The van der Waals surface area contributed by atoms with Crippen molar-refractivity contribution in [2.75, 3.05) is 0 Å². The van der Waals surface area contributed by atoms with E-state index in [0.29, 0.717) is 17.9 Å². The highest BCUT2D eigenvalue weighted by Crippen LogP contribution is 2.43. The molecule has 3 fully saturated rings. The first-order chi connectivity index (χ1) is 5.84. The molecule has 0 aromatic rings. The van der Waals surface area contributed by atoms with Gasteiger partial charge in [0.1, 0.15) is 0 Å². The van der Waals surface area contributed by atoms with Crippen LogP contribution >= 0.6 is 0 Å². The van der Waals surface area contributed by atoms with Crippen LogP contribution in [0.5, 0.6) is 0 Å². The average molecular weight is 167 g/mol. The number of hydrogen-bond donors (Lipinski definition) is 2. The van der Waals surface area contributed by atoms with Gasteiger partial charge in [-0.3, -0.25) is 0 Å². The van der Waals surface area contributed by atoms with Crippen LogP contribution < -0.4 is 5.32 Å². The van der Waals surface area contributed by atoms with E-state index in [9.17, 15) is 5.11 Å². The monoisotopic (exact) mass is 167 g/mol. The Morgan fingerprint density at radius 3 is 2.50 bits per heavy atom. The van der Waals surface area contributed by atoms with Crippen LogP contribution in [0, 0.1) is 11.8 Å². The van der Waals surface area contributed by atoms with Gasteiger partial charge in [0.05, 0.1) is 6.10 Å². The average Bonchev–Trinajstić information content (AvgIpc) is 2.73. The fraction of sp³-hybridized carbons (Fsp3) is 1.00. The van der Waals surface area contributed by atoms with Crippen molar-refractivity contribution < 1.29 is 5.11 Å². The second-order valence-corrected chi connectivity index (χ2v) is 4.78. The molecule has 2 N–H and O–H groups in total. The third-order valence-corrected chi connectivity index (χ3v) is 3.89. The summed E-state index contributed by atoms with van der Waals surface area (Å²) >= 11 is 0. The predicted molar refractivity (Wildman–Crippen MR) is 46.8 cm³/mol. The van der Waals surface area contributed by atoms with Gasteiger partial charge in [-0.15, -0.1) is 0 Å². The largest absolute Gasteiger partial charge is 0.392 e. The Bertz CT molecular complexity index is 190. The van der Waals surface area contributed by atoms with Crippen molar-refractivity contribution in [3.8, 4) is 0 Å². The van der Waals surface area contributed by atoms with E-state index in [1.165, 1.54) is 32.1 Å². The van der Waals surface area contributed by atoms with E-state index in [-0.39, 0.29) is 6.10 Å². The second kappa shape index (κ2) is 2.46. The van der Waals surface area contributed by atoms with Gasteiger partial charge in [0, 0.05) is 18.0 Å². The van der Waals surface area contributed by atoms with E-state index in [0.717, 1.165) is 6.04 Å². The molecule has 12 heavy (non-hydrogen) atoms. The second-order valence-electron chi connectivity index (χ2n) is 4.78. The summed E-state index contributed by atoms with van der Waals surface area (Å²) in [6.07, 6.45) is 6.46. The predicted octanol–water partition coefficient (Wildman–Crippen LogP) is 0.898. The molecule has 68 valence electrons. The van der Waals surface area contributed by atoms with E-state index in [4.69, 9.17) is 0 Å². The maximum Gasteiger partial charge on any atom is 0.0611 e. The minimum atomic E-state index is 0.0211. The lowest BCUT2D eigenvalue weighted by Gasteiger charge is -2.25. The van der Waals surface area contributed by atoms with Gasteiger partial charge >= 0.3 is 0 Å². The normalized spacial score (nSPS) is 48.2. The van der Waals surface area contributed by atoms with Crippen LogP contribution in [0.3, 0.4) is 0 Å². The van der Waals surface area contributed by atoms with Crippen LogP contribution in [0.15, 0.2) is 0 Å². The molecule has 4 atom stereocenters. The molecule has 2 aliphatic heterocycles. The van der Waals surface area contributed by atoms with Gasteiger partial charge in [-0.2, -0.15) is 0 Å². The van der Waals surface area contributed by atoms with Gasteiger partial charge in [-0.1, -0.05) is 0 Å².